The zero-order valence-electron chi connectivity index (χ0n) is 16.4. The molecule has 1 aliphatic rings. The molecule has 1 aliphatic carbocycles. The molecule has 0 amide bonds. The molecular weight excluding hydrogens is 412 g/mol. The first-order valence-electron chi connectivity index (χ1n) is 9.26. The van der Waals surface area contributed by atoms with Crippen LogP contribution in [0.25, 0.3) is 11.0 Å². The van der Waals surface area contributed by atoms with E-state index in [-0.39, 0.29) is 16.2 Å². The number of rotatable bonds is 5. The Hall–Kier alpha value is -2.30. The van der Waals surface area contributed by atoms with Gasteiger partial charge < -0.3 is 9.45 Å². The number of hydrogen-bond donors (Lipinski definition) is 2. The molecular formula is C19H24N4O4S2. The molecule has 29 heavy (non-hydrogen) atoms. The van der Waals surface area contributed by atoms with Crippen LogP contribution >= 0.6 is 0 Å². The Morgan fingerprint density at radius 1 is 1.17 bits per heavy atom. The lowest BCUT2D eigenvalue weighted by Crippen LogP contribution is -2.50. The largest absolute Gasteiger partial charge is 0.356 e. The Balaban J connectivity index is 1.69. The van der Waals surface area contributed by atoms with E-state index in [1.165, 1.54) is 22.8 Å². The third-order valence-corrected chi connectivity index (χ3v) is 9.11. The maximum absolute atomic E-state index is 13.1. The summed E-state index contributed by atoms with van der Waals surface area (Å²) >= 11 is 0. The van der Waals surface area contributed by atoms with E-state index in [4.69, 9.17) is 0 Å². The zero-order chi connectivity index (χ0) is 21.0. The van der Waals surface area contributed by atoms with E-state index in [0.29, 0.717) is 29.7 Å². The van der Waals surface area contributed by atoms with Crippen molar-refractivity contribution in [2.75, 3.05) is 18.2 Å². The molecule has 1 N–H and O–H groups in total. The monoisotopic (exact) mass is 436 g/mol. The molecule has 4 rings (SSSR count). The van der Waals surface area contributed by atoms with Crippen LogP contribution in [0.2, 0.25) is 0 Å². The molecule has 0 radical (unpaired) electrons. The Morgan fingerprint density at radius 2 is 1.83 bits per heavy atom. The van der Waals surface area contributed by atoms with Crippen molar-refractivity contribution >= 4 is 37.1 Å². The van der Waals surface area contributed by atoms with Crippen molar-refractivity contribution in [1.29, 1.82) is 0 Å². The fourth-order valence-electron chi connectivity index (χ4n) is 3.65. The van der Waals surface area contributed by atoms with Gasteiger partial charge >= 0.3 is 0 Å². The van der Waals surface area contributed by atoms with Gasteiger partial charge in [0.1, 0.15) is 12.1 Å². The van der Waals surface area contributed by atoms with Crippen LogP contribution < -0.4 is 4.90 Å². The molecule has 10 heteroatoms. The Labute approximate surface area is 170 Å². The highest BCUT2D eigenvalue weighted by molar-refractivity contribution is 7.97. The molecule has 1 fully saturated rings. The van der Waals surface area contributed by atoms with Gasteiger partial charge in [-0.05, 0) is 38.0 Å². The zero-order valence-corrected chi connectivity index (χ0v) is 18.1. The lowest BCUT2D eigenvalue weighted by Gasteiger charge is -2.45. The lowest BCUT2D eigenvalue weighted by molar-refractivity contribution is 0.381. The van der Waals surface area contributed by atoms with Gasteiger partial charge in [0.15, 0.2) is 5.65 Å². The first-order chi connectivity index (χ1) is 13.6. The van der Waals surface area contributed by atoms with Crippen LogP contribution in [0.15, 0.2) is 47.8 Å². The van der Waals surface area contributed by atoms with Crippen LogP contribution in [-0.4, -0.2) is 55.7 Å². The first kappa shape index (κ1) is 20.0. The normalized spacial score (nSPS) is 20.4. The highest BCUT2D eigenvalue weighted by Crippen LogP contribution is 2.36. The number of hydrogen-bond acceptors (Lipinski definition) is 6. The highest BCUT2D eigenvalue weighted by atomic mass is 32.3. The van der Waals surface area contributed by atoms with Gasteiger partial charge in [-0.1, -0.05) is 17.7 Å². The van der Waals surface area contributed by atoms with Crippen molar-refractivity contribution in [2.45, 2.75) is 36.0 Å². The smallest absolute Gasteiger partial charge is 0.269 e. The maximum atomic E-state index is 13.1. The van der Waals surface area contributed by atoms with Crippen LogP contribution in [-0.2, 0) is 20.2 Å². The summed E-state index contributed by atoms with van der Waals surface area (Å²) in [5, 5.41) is 0.427. The minimum atomic E-state index is -3.78. The quantitative estimate of drug-likeness (QED) is 0.590. The Morgan fingerprint density at radius 3 is 2.45 bits per heavy atom. The molecule has 8 nitrogen and oxygen atoms in total. The molecule has 1 aromatic carbocycles. The van der Waals surface area contributed by atoms with E-state index in [1.54, 1.807) is 30.3 Å². The molecule has 3 aromatic rings. The van der Waals surface area contributed by atoms with Gasteiger partial charge in [-0.3, -0.25) is 0 Å². The van der Waals surface area contributed by atoms with Gasteiger partial charge in [0, 0.05) is 30.8 Å². The first-order valence-corrected chi connectivity index (χ1v) is 12.9. The van der Waals surface area contributed by atoms with E-state index < -0.39 is 20.2 Å². The fourth-order valence-corrected chi connectivity index (χ4v) is 6.22. The van der Waals surface area contributed by atoms with Gasteiger partial charge in [-0.15, -0.1) is 0 Å². The summed E-state index contributed by atoms with van der Waals surface area (Å²) in [5.74, 6) is 0.611. The fraction of sp³-hybridized carbons (Fsp3) is 0.368. The second-order valence-electron chi connectivity index (χ2n) is 7.70. The van der Waals surface area contributed by atoms with Crippen molar-refractivity contribution in [3.8, 4) is 0 Å². The molecule has 0 unspecified atom stereocenters. The summed E-state index contributed by atoms with van der Waals surface area (Å²) in [6.45, 7) is 1.90. The maximum Gasteiger partial charge on any atom is 0.269 e. The van der Waals surface area contributed by atoms with Crippen molar-refractivity contribution in [1.82, 2.24) is 13.9 Å². The number of fused-ring (bicyclic) bond motifs is 1. The topological polar surface area (TPSA) is 105 Å². The third kappa shape index (κ3) is 3.45. The van der Waals surface area contributed by atoms with E-state index in [2.05, 4.69) is 9.97 Å². The predicted molar refractivity (Wildman–Crippen MR) is 115 cm³/mol. The van der Waals surface area contributed by atoms with Gasteiger partial charge in [-0.25, -0.2) is 26.6 Å². The number of benzene rings is 1. The average molecular weight is 437 g/mol. The molecule has 156 valence electrons. The summed E-state index contributed by atoms with van der Waals surface area (Å²) in [5.41, 5.74) is 1.28. The highest BCUT2D eigenvalue weighted by Gasteiger charge is 2.37. The van der Waals surface area contributed by atoms with Gasteiger partial charge in [0.05, 0.1) is 10.3 Å². The van der Waals surface area contributed by atoms with Crippen LogP contribution in [0.1, 0.15) is 18.4 Å². The van der Waals surface area contributed by atoms with Crippen LogP contribution in [0.5, 0.6) is 0 Å². The standard InChI is InChI=1S/C19H24N4O4S2/c1-13-4-6-15(7-5-13)29(26,27)23-9-8-17-18(20-12-21-19(17)23)22(2)14-10-16(11-14)28(3,24)25/h4-9,12,14,16,28H,10-11H2,1-3H3,(H,24,25). The van der Waals surface area contributed by atoms with Crippen LogP contribution in [0, 0.1) is 6.92 Å². The number of nitrogens with zero attached hydrogens (tertiary/aromatic N) is 4. The summed E-state index contributed by atoms with van der Waals surface area (Å²) in [6, 6.07) is 8.45. The third-order valence-electron chi connectivity index (χ3n) is 5.65. The molecule has 0 bridgehead atoms. The SMILES string of the molecule is Cc1ccc(S(=O)(=O)n2ccc3c(N(C)C4CC([SH](C)(=O)O)C4)ncnc32)cc1. The number of aromatic nitrogens is 3. The number of aryl methyl sites for hydroxylation is 1. The minimum Gasteiger partial charge on any atom is -0.356 e. The summed E-state index contributed by atoms with van der Waals surface area (Å²) in [4.78, 5) is 10.7. The van der Waals surface area contributed by atoms with Crippen molar-refractivity contribution < 1.29 is 17.2 Å². The molecule has 0 aliphatic heterocycles. The van der Waals surface area contributed by atoms with Crippen molar-refractivity contribution in [3.05, 3.63) is 48.4 Å². The van der Waals surface area contributed by atoms with Crippen molar-refractivity contribution in [3.63, 3.8) is 0 Å². The van der Waals surface area contributed by atoms with Crippen LogP contribution in [0.4, 0.5) is 5.82 Å². The Kier molecular flexibility index (Phi) is 4.75. The predicted octanol–water partition coefficient (Wildman–Crippen LogP) is 2.06. The second kappa shape index (κ2) is 6.89. The molecule has 0 saturated heterocycles. The molecule has 1 saturated carbocycles. The van der Waals surface area contributed by atoms with Gasteiger partial charge in [-0.2, -0.15) is 10.2 Å². The summed E-state index contributed by atoms with van der Waals surface area (Å²) < 4.78 is 48.9. The number of anilines is 1. The molecule has 0 atom stereocenters. The molecule has 0 spiro atoms. The second-order valence-corrected chi connectivity index (χ2v) is 12.1. The molecule has 2 heterocycles. The van der Waals surface area contributed by atoms with Gasteiger partial charge in [0.2, 0.25) is 0 Å². The minimum absolute atomic E-state index is 0.0792. The van der Waals surface area contributed by atoms with E-state index in [1.807, 2.05) is 18.9 Å². The molecule has 2 aromatic heterocycles. The van der Waals surface area contributed by atoms with E-state index >= 15 is 0 Å². The Bertz CT molecular complexity index is 1210. The van der Waals surface area contributed by atoms with Gasteiger partial charge in [0.25, 0.3) is 10.0 Å². The summed E-state index contributed by atoms with van der Waals surface area (Å²) in [6.07, 6.45) is 5.45. The number of thiol groups is 1. The average Bonchev–Trinajstić information content (AvgIpc) is 3.04. The van der Waals surface area contributed by atoms with E-state index in [9.17, 15) is 17.2 Å². The van der Waals surface area contributed by atoms with E-state index in [0.717, 1.165) is 5.56 Å². The lowest BCUT2D eigenvalue weighted by atomic mass is 9.91. The van der Waals surface area contributed by atoms with Crippen molar-refractivity contribution in [2.24, 2.45) is 0 Å². The van der Waals surface area contributed by atoms with Crippen LogP contribution in [0.3, 0.4) is 0 Å². The summed E-state index contributed by atoms with van der Waals surface area (Å²) in [7, 11) is -5.00.